The second kappa shape index (κ2) is 8.16. The number of non-ortho nitro benzene ring substituents is 1. The number of nitro groups is 1. The van der Waals surface area contributed by atoms with Crippen LogP contribution in [0.4, 0.5) is 5.69 Å². The normalized spacial score (nSPS) is 33.7. The van der Waals surface area contributed by atoms with E-state index in [1.54, 1.807) is 25.2 Å². The summed E-state index contributed by atoms with van der Waals surface area (Å²) < 4.78 is 6.65. The highest BCUT2D eigenvalue weighted by atomic mass is 16.6. The molecular weight excluding hydrogens is 486 g/mol. The molecule has 0 radical (unpaired) electrons. The Balaban J connectivity index is 1.37. The molecule has 7 rings (SSSR count). The van der Waals surface area contributed by atoms with Crippen LogP contribution in [0.1, 0.15) is 54.7 Å². The standard InChI is InChI=1S/C29H33N3O6/c1-30-27(34)23(17-3-2-4-19(13-17)32(36)37)20-9-10-29(35)22-14-18-7-8-21(33)25-24(18)28(29,26(20)38-25)11-12-31(22)15-16-5-6-16/h2-4,7-8,13,16,20,22-23,26,33,35H,5-6,9-12,14-15H2,1H3,(H,30,34)/t20-,22+,23?,26-,28-,29+/m0/s1. The molecule has 9 heteroatoms. The van der Waals surface area contributed by atoms with Crippen LogP contribution in [-0.2, 0) is 16.6 Å². The van der Waals surface area contributed by atoms with Gasteiger partial charge in [-0.2, -0.15) is 0 Å². The molecule has 3 aliphatic carbocycles. The number of likely N-dealkylation sites (tertiary alicyclic amines) is 1. The van der Waals surface area contributed by atoms with E-state index in [-0.39, 0.29) is 29.3 Å². The Bertz CT molecular complexity index is 1340. The van der Waals surface area contributed by atoms with E-state index in [0.717, 1.165) is 24.2 Å². The smallest absolute Gasteiger partial charge is 0.269 e. The van der Waals surface area contributed by atoms with E-state index in [1.807, 2.05) is 6.07 Å². The Morgan fingerprint density at radius 3 is 2.82 bits per heavy atom. The predicted molar refractivity (Wildman–Crippen MR) is 138 cm³/mol. The number of phenolic OH excluding ortho intramolecular Hbond substituents is 1. The Hall–Kier alpha value is -3.17. The topological polar surface area (TPSA) is 125 Å². The Labute approximate surface area is 220 Å². The number of nitrogens with zero attached hydrogens (tertiary/aromatic N) is 2. The summed E-state index contributed by atoms with van der Waals surface area (Å²) in [5.41, 5.74) is 0.699. The lowest BCUT2D eigenvalue weighted by Gasteiger charge is -2.64. The fourth-order valence-corrected chi connectivity index (χ4v) is 8.44. The lowest BCUT2D eigenvalue weighted by molar-refractivity contribution is -0.384. The van der Waals surface area contributed by atoms with Gasteiger partial charge in [0.2, 0.25) is 5.91 Å². The number of nitrogens with one attached hydrogen (secondary N) is 1. The van der Waals surface area contributed by atoms with Crippen LogP contribution in [0.15, 0.2) is 36.4 Å². The number of hydrogen-bond donors (Lipinski definition) is 3. The number of aliphatic hydroxyl groups is 1. The maximum Gasteiger partial charge on any atom is 0.269 e. The average molecular weight is 520 g/mol. The number of rotatable bonds is 6. The van der Waals surface area contributed by atoms with Crippen molar-refractivity contribution >= 4 is 11.6 Å². The third-order valence-electron chi connectivity index (χ3n) is 10.2. The third kappa shape index (κ3) is 3.09. The van der Waals surface area contributed by atoms with Gasteiger partial charge < -0.3 is 20.3 Å². The molecule has 2 heterocycles. The molecular formula is C29H33N3O6. The van der Waals surface area contributed by atoms with Crippen LogP contribution in [0.25, 0.3) is 0 Å². The third-order valence-corrected chi connectivity index (χ3v) is 10.2. The molecule has 6 atom stereocenters. The van der Waals surface area contributed by atoms with Crippen LogP contribution in [0, 0.1) is 22.0 Å². The minimum absolute atomic E-state index is 0.0526. The Morgan fingerprint density at radius 2 is 2.08 bits per heavy atom. The van der Waals surface area contributed by atoms with Crippen molar-refractivity contribution in [3.8, 4) is 11.5 Å². The van der Waals surface area contributed by atoms with E-state index in [9.17, 15) is 25.1 Å². The zero-order valence-electron chi connectivity index (χ0n) is 21.4. The molecule has 3 fully saturated rings. The molecule has 9 nitrogen and oxygen atoms in total. The second-order valence-corrected chi connectivity index (χ2v) is 11.9. The highest BCUT2D eigenvalue weighted by molar-refractivity contribution is 5.84. The molecule has 0 aromatic heterocycles. The summed E-state index contributed by atoms with van der Waals surface area (Å²) in [6.07, 6.45) is 4.35. The van der Waals surface area contributed by atoms with Crippen LogP contribution in [0.2, 0.25) is 0 Å². The number of phenols is 1. The molecule has 38 heavy (non-hydrogen) atoms. The molecule has 2 aliphatic heterocycles. The SMILES string of the molecule is CNC(=O)C(c1cccc([N+](=O)[O-])c1)[C@@H]1CC[C@@]2(O)[C@H]3Cc4ccc(O)c5c4[C@@]2(CCN3CC2CC2)[C@H]1O5. The molecule has 1 saturated heterocycles. The summed E-state index contributed by atoms with van der Waals surface area (Å²) in [6, 6.07) is 9.87. The van der Waals surface area contributed by atoms with E-state index < -0.39 is 28.0 Å². The van der Waals surface area contributed by atoms with Crippen LogP contribution < -0.4 is 10.1 Å². The lowest BCUT2D eigenvalue weighted by Crippen LogP contribution is -2.76. The number of nitro benzene ring substituents is 1. The average Bonchev–Trinajstić information content (AvgIpc) is 3.65. The number of likely N-dealkylation sites (N-methyl/N-ethyl adjacent to an activating group) is 1. The first-order valence-electron chi connectivity index (χ1n) is 13.7. The highest BCUT2D eigenvalue weighted by Gasteiger charge is 2.73. The quantitative estimate of drug-likeness (QED) is 0.396. The van der Waals surface area contributed by atoms with Crippen molar-refractivity contribution in [2.75, 3.05) is 20.1 Å². The number of piperidine rings is 1. The predicted octanol–water partition coefficient (Wildman–Crippen LogP) is 3.01. The molecule has 1 spiro atoms. The fraction of sp³-hybridized carbons (Fsp3) is 0.552. The van der Waals surface area contributed by atoms with E-state index in [4.69, 9.17) is 4.74 Å². The zero-order valence-corrected chi connectivity index (χ0v) is 21.4. The van der Waals surface area contributed by atoms with Crippen LogP contribution >= 0.6 is 0 Å². The number of ether oxygens (including phenoxy) is 1. The van der Waals surface area contributed by atoms with Gasteiger partial charge in [0.1, 0.15) is 6.10 Å². The number of carbonyl (C=O) groups is 1. The van der Waals surface area contributed by atoms with Gasteiger partial charge in [-0.15, -0.1) is 0 Å². The summed E-state index contributed by atoms with van der Waals surface area (Å²) >= 11 is 0. The molecule has 2 saturated carbocycles. The van der Waals surface area contributed by atoms with E-state index in [0.29, 0.717) is 42.9 Å². The number of aromatic hydroxyl groups is 1. The van der Waals surface area contributed by atoms with Gasteiger partial charge in [0.15, 0.2) is 11.5 Å². The Morgan fingerprint density at radius 1 is 1.26 bits per heavy atom. The molecule has 1 amide bonds. The van der Waals surface area contributed by atoms with E-state index in [2.05, 4.69) is 10.2 Å². The van der Waals surface area contributed by atoms with Crippen LogP contribution in [0.5, 0.6) is 11.5 Å². The van der Waals surface area contributed by atoms with Gasteiger partial charge in [0, 0.05) is 43.2 Å². The van der Waals surface area contributed by atoms with Crippen molar-refractivity contribution in [1.29, 1.82) is 0 Å². The number of amides is 1. The van der Waals surface area contributed by atoms with E-state index in [1.165, 1.54) is 25.0 Å². The minimum atomic E-state index is -1.05. The van der Waals surface area contributed by atoms with Gasteiger partial charge in [0.05, 0.1) is 21.9 Å². The van der Waals surface area contributed by atoms with Crippen molar-refractivity contribution < 1.29 is 24.7 Å². The molecule has 2 aromatic rings. The van der Waals surface area contributed by atoms with E-state index >= 15 is 0 Å². The van der Waals surface area contributed by atoms with Gasteiger partial charge in [-0.25, -0.2) is 0 Å². The van der Waals surface area contributed by atoms with Crippen molar-refractivity contribution in [2.24, 2.45) is 11.8 Å². The largest absolute Gasteiger partial charge is 0.504 e. The highest BCUT2D eigenvalue weighted by Crippen LogP contribution is 2.67. The van der Waals surface area contributed by atoms with Gasteiger partial charge in [-0.05, 0) is 68.2 Å². The molecule has 2 aromatic carbocycles. The van der Waals surface area contributed by atoms with Gasteiger partial charge in [-0.3, -0.25) is 19.8 Å². The Kier molecular flexibility index (Phi) is 5.14. The summed E-state index contributed by atoms with van der Waals surface area (Å²) in [6.45, 7) is 1.82. The number of benzene rings is 2. The lowest BCUT2D eigenvalue weighted by atomic mass is 9.46. The van der Waals surface area contributed by atoms with Gasteiger partial charge >= 0.3 is 0 Å². The summed E-state index contributed by atoms with van der Waals surface area (Å²) in [7, 11) is 1.57. The number of hydrogen-bond acceptors (Lipinski definition) is 7. The first-order chi connectivity index (χ1) is 18.3. The maximum absolute atomic E-state index is 13.5. The zero-order chi connectivity index (χ0) is 26.4. The molecule has 5 aliphatic rings. The first kappa shape index (κ1) is 23.9. The van der Waals surface area contributed by atoms with Crippen LogP contribution in [-0.4, -0.2) is 63.8 Å². The molecule has 3 N–H and O–H groups in total. The number of carbonyl (C=O) groups excluding carboxylic acids is 1. The van der Waals surface area contributed by atoms with Crippen molar-refractivity contribution in [1.82, 2.24) is 10.2 Å². The first-order valence-corrected chi connectivity index (χ1v) is 13.7. The summed E-state index contributed by atoms with van der Waals surface area (Å²) in [4.78, 5) is 27.0. The van der Waals surface area contributed by atoms with Crippen LogP contribution in [0.3, 0.4) is 0 Å². The summed E-state index contributed by atoms with van der Waals surface area (Å²) in [5, 5.41) is 37.9. The fourth-order valence-electron chi connectivity index (χ4n) is 8.44. The second-order valence-electron chi connectivity index (χ2n) is 11.9. The van der Waals surface area contributed by atoms with Crippen molar-refractivity contribution in [3.05, 3.63) is 63.2 Å². The summed E-state index contributed by atoms with van der Waals surface area (Å²) in [5.74, 6) is -0.0945. The minimum Gasteiger partial charge on any atom is -0.504 e. The monoisotopic (exact) mass is 519 g/mol. The molecule has 2 bridgehead atoms. The molecule has 200 valence electrons. The van der Waals surface area contributed by atoms with Crippen molar-refractivity contribution in [3.63, 3.8) is 0 Å². The molecule has 1 unspecified atom stereocenters. The van der Waals surface area contributed by atoms with Crippen molar-refractivity contribution in [2.45, 2.75) is 67.6 Å². The van der Waals surface area contributed by atoms with Gasteiger partial charge in [0.25, 0.3) is 5.69 Å². The maximum atomic E-state index is 13.5. The van der Waals surface area contributed by atoms with Gasteiger partial charge in [-0.1, -0.05) is 18.2 Å².